The fourth-order valence-electron chi connectivity index (χ4n) is 2.16. The Kier molecular flexibility index (Phi) is 6.50. The van der Waals surface area contributed by atoms with Crippen molar-refractivity contribution in [2.75, 3.05) is 6.26 Å². The van der Waals surface area contributed by atoms with Gasteiger partial charge in [-0.1, -0.05) is 31.6 Å². The highest BCUT2D eigenvalue weighted by atomic mass is 32.2. The third-order valence-corrected chi connectivity index (χ3v) is 4.41. The van der Waals surface area contributed by atoms with E-state index in [9.17, 15) is 13.2 Å². The fraction of sp³-hybridized carbons (Fsp3) is 0.375. The van der Waals surface area contributed by atoms with Gasteiger partial charge in [0.15, 0.2) is 15.8 Å². The fourth-order valence-corrected chi connectivity index (χ4v) is 3.11. The summed E-state index contributed by atoms with van der Waals surface area (Å²) in [7, 11) is -3.47. The first kappa shape index (κ1) is 18.9. The summed E-state index contributed by atoms with van der Waals surface area (Å²) in [6, 6.07) is 3.05. The molecule has 4 N–H and O–H groups in total. The molecule has 1 amide bonds. The highest BCUT2D eigenvalue weighted by Gasteiger charge is 2.18. The lowest BCUT2D eigenvalue weighted by molar-refractivity contribution is 0.100. The molecule has 0 aliphatic carbocycles. The van der Waals surface area contributed by atoms with Gasteiger partial charge in [0.1, 0.15) is 0 Å². The second-order valence-electron chi connectivity index (χ2n) is 5.35. The van der Waals surface area contributed by atoms with Crippen LogP contribution in [0.3, 0.4) is 0 Å². The molecule has 0 fully saturated rings. The number of allylic oxidation sites excluding steroid dienone is 2. The minimum Gasteiger partial charge on any atom is -0.370 e. The molecular formula is C16H23N3O3S. The molecule has 23 heavy (non-hydrogen) atoms. The highest BCUT2D eigenvalue weighted by Crippen LogP contribution is 2.23. The van der Waals surface area contributed by atoms with Crippen LogP contribution in [0.2, 0.25) is 0 Å². The van der Waals surface area contributed by atoms with Gasteiger partial charge in [-0.25, -0.2) is 8.42 Å². The number of nitrogens with zero attached hydrogens (tertiary/aromatic N) is 1. The third-order valence-electron chi connectivity index (χ3n) is 3.23. The molecule has 126 valence electrons. The zero-order chi connectivity index (χ0) is 17.6. The van der Waals surface area contributed by atoms with Crippen molar-refractivity contribution in [1.29, 1.82) is 0 Å². The predicted octanol–water partition coefficient (Wildman–Crippen LogP) is 1.71. The predicted molar refractivity (Wildman–Crippen MR) is 92.2 cm³/mol. The number of carbonyl (C=O) groups excluding carboxylic acids is 1. The summed E-state index contributed by atoms with van der Waals surface area (Å²) >= 11 is 0. The van der Waals surface area contributed by atoms with Crippen LogP contribution < -0.4 is 11.5 Å². The average Bonchev–Trinajstić information content (AvgIpc) is 2.41. The Bertz CT molecular complexity index is 746. The third kappa shape index (κ3) is 5.52. The topological polar surface area (TPSA) is 116 Å². The number of rotatable bonds is 6. The van der Waals surface area contributed by atoms with Crippen LogP contribution in [-0.4, -0.2) is 26.5 Å². The van der Waals surface area contributed by atoms with E-state index in [-0.39, 0.29) is 16.4 Å². The van der Waals surface area contributed by atoms with Gasteiger partial charge >= 0.3 is 0 Å². The van der Waals surface area contributed by atoms with E-state index in [1.165, 1.54) is 6.07 Å². The Morgan fingerprint density at radius 3 is 2.43 bits per heavy atom. The number of benzene rings is 1. The largest absolute Gasteiger partial charge is 0.370 e. The molecule has 0 spiro atoms. The van der Waals surface area contributed by atoms with Crippen molar-refractivity contribution in [3.63, 3.8) is 0 Å². The Morgan fingerprint density at radius 2 is 1.91 bits per heavy atom. The van der Waals surface area contributed by atoms with Gasteiger partial charge in [0.05, 0.1) is 4.90 Å². The number of aryl methyl sites for hydroxylation is 1. The molecule has 1 aromatic rings. The van der Waals surface area contributed by atoms with E-state index in [1.807, 2.05) is 12.2 Å². The zero-order valence-electron chi connectivity index (χ0n) is 13.7. The molecule has 0 saturated carbocycles. The van der Waals surface area contributed by atoms with Gasteiger partial charge in [-0.15, -0.1) is 0 Å². The van der Waals surface area contributed by atoms with E-state index in [0.717, 1.165) is 19.1 Å². The molecule has 0 heterocycles. The molecule has 0 aliphatic rings. The van der Waals surface area contributed by atoms with Crippen LogP contribution in [0, 0.1) is 6.92 Å². The van der Waals surface area contributed by atoms with Gasteiger partial charge in [-0.2, -0.15) is 4.99 Å². The maximum Gasteiger partial charge on any atom is 0.280 e. The molecule has 1 aromatic carbocycles. The second kappa shape index (κ2) is 7.92. The monoisotopic (exact) mass is 337 g/mol. The van der Waals surface area contributed by atoms with Crippen molar-refractivity contribution in [3.8, 4) is 0 Å². The van der Waals surface area contributed by atoms with Crippen molar-refractivity contribution in [2.45, 2.75) is 38.0 Å². The molecule has 0 bridgehead atoms. The molecule has 0 saturated heterocycles. The molecule has 0 aliphatic heterocycles. The molecule has 7 heteroatoms. The number of hydrogen-bond donors (Lipinski definition) is 2. The van der Waals surface area contributed by atoms with E-state index < -0.39 is 15.7 Å². The van der Waals surface area contributed by atoms with Crippen LogP contribution in [0.25, 0.3) is 0 Å². The van der Waals surface area contributed by atoms with Crippen LogP contribution in [-0.2, 0) is 16.3 Å². The molecular weight excluding hydrogens is 314 g/mol. The number of unbranched alkanes of at least 4 members (excludes halogenated alkanes) is 1. The number of carbonyl (C=O) groups is 1. The number of guanidine groups is 1. The number of nitrogens with two attached hydrogens (primary N) is 2. The molecule has 0 unspecified atom stereocenters. The standard InChI is InChI=1S/C16H23N3O3S/c1-4-5-6-7-8-12-9-11(2)13(15(20)19-16(17)18)10-14(12)23(3,21)22/h6-7,9-10H,4-5,8H2,1-3H3,(H4,17,18,19,20)/b7-6+. The van der Waals surface area contributed by atoms with Crippen LogP contribution in [0.1, 0.15) is 41.3 Å². The summed E-state index contributed by atoms with van der Waals surface area (Å²) in [6.45, 7) is 3.79. The Hall–Kier alpha value is -2.15. The maximum absolute atomic E-state index is 12.0. The lowest BCUT2D eigenvalue weighted by atomic mass is 10.0. The van der Waals surface area contributed by atoms with Gasteiger partial charge in [0.2, 0.25) is 0 Å². The normalized spacial score (nSPS) is 11.6. The zero-order valence-corrected chi connectivity index (χ0v) is 14.5. The molecule has 0 atom stereocenters. The van der Waals surface area contributed by atoms with Crippen LogP contribution in [0.5, 0.6) is 0 Å². The Balaban J connectivity index is 3.36. The lowest BCUT2D eigenvalue weighted by Gasteiger charge is -2.11. The summed E-state index contributed by atoms with van der Waals surface area (Å²) in [5, 5.41) is 0. The average molecular weight is 337 g/mol. The number of aliphatic imine (C=N–C) groups is 1. The van der Waals surface area contributed by atoms with Crippen LogP contribution in [0.15, 0.2) is 34.2 Å². The SMILES string of the molecule is CCC/C=C/Cc1cc(C)c(C(=O)N=C(N)N)cc1S(C)(=O)=O. The summed E-state index contributed by atoms with van der Waals surface area (Å²) in [5.41, 5.74) is 11.9. The van der Waals surface area contributed by atoms with Gasteiger partial charge in [0.25, 0.3) is 5.91 Å². The minimum atomic E-state index is -3.47. The molecule has 0 aromatic heterocycles. The van der Waals surface area contributed by atoms with Crippen LogP contribution in [0.4, 0.5) is 0 Å². The first-order valence-electron chi connectivity index (χ1n) is 7.29. The van der Waals surface area contributed by atoms with Crippen molar-refractivity contribution in [2.24, 2.45) is 16.5 Å². The molecule has 6 nitrogen and oxygen atoms in total. The first-order valence-corrected chi connectivity index (χ1v) is 9.18. The number of sulfone groups is 1. The van der Waals surface area contributed by atoms with Gasteiger partial charge in [-0.3, -0.25) is 4.79 Å². The van der Waals surface area contributed by atoms with E-state index in [1.54, 1.807) is 13.0 Å². The summed E-state index contributed by atoms with van der Waals surface area (Å²) in [4.78, 5) is 15.6. The number of amides is 1. The van der Waals surface area contributed by atoms with Gasteiger partial charge < -0.3 is 11.5 Å². The quantitative estimate of drug-likeness (QED) is 0.466. The van der Waals surface area contributed by atoms with Crippen molar-refractivity contribution in [3.05, 3.63) is 41.0 Å². The Morgan fingerprint density at radius 1 is 1.26 bits per heavy atom. The number of hydrogen-bond acceptors (Lipinski definition) is 3. The summed E-state index contributed by atoms with van der Waals surface area (Å²) in [5.74, 6) is -1.01. The van der Waals surface area contributed by atoms with E-state index in [2.05, 4.69) is 11.9 Å². The van der Waals surface area contributed by atoms with E-state index in [0.29, 0.717) is 17.5 Å². The second-order valence-corrected chi connectivity index (χ2v) is 7.34. The van der Waals surface area contributed by atoms with Gasteiger partial charge in [-0.05, 0) is 37.0 Å². The van der Waals surface area contributed by atoms with Crippen molar-refractivity contribution >= 4 is 21.7 Å². The first-order chi connectivity index (χ1) is 10.7. The van der Waals surface area contributed by atoms with Crippen molar-refractivity contribution < 1.29 is 13.2 Å². The maximum atomic E-state index is 12.0. The lowest BCUT2D eigenvalue weighted by Crippen LogP contribution is -2.24. The van der Waals surface area contributed by atoms with E-state index in [4.69, 9.17) is 11.5 Å². The van der Waals surface area contributed by atoms with E-state index >= 15 is 0 Å². The summed E-state index contributed by atoms with van der Waals surface area (Å²) < 4.78 is 24.1. The highest BCUT2D eigenvalue weighted by molar-refractivity contribution is 7.90. The van der Waals surface area contributed by atoms with Crippen molar-refractivity contribution in [1.82, 2.24) is 0 Å². The van der Waals surface area contributed by atoms with Crippen LogP contribution >= 0.6 is 0 Å². The Labute approximate surface area is 137 Å². The summed E-state index contributed by atoms with van der Waals surface area (Å²) in [6.07, 6.45) is 7.52. The smallest absolute Gasteiger partial charge is 0.280 e. The molecule has 1 rings (SSSR count). The molecule has 0 radical (unpaired) electrons. The van der Waals surface area contributed by atoms with Gasteiger partial charge in [0, 0.05) is 11.8 Å². The minimum absolute atomic E-state index is 0.124.